The number of hydrogen-bond donors (Lipinski definition) is 2. The van der Waals surface area contributed by atoms with E-state index in [0.29, 0.717) is 5.56 Å². The smallest absolute Gasteiger partial charge is 0.248 e. The van der Waals surface area contributed by atoms with E-state index in [1.165, 1.54) is 0 Å². The Morgan fingerprint density at radius 1 is 1.42 bits per heavy atom. The van der Waals surface area contributed by atoms with Gasteiger partial charge in [0.1, 0.15) is 0 Å². The lowest BCUT2D eigenvalue weighted by Crippen LogP contribution is -2.35. The second kappa shape index (κ2) is 4.79. The first-order valence-electron chi connectivity index (χ1n) is 6.27. The van der Waals surface area contributed by atoms with E-state index in [1.54, 1.807) is 23.5 Å². The van der Waals surface area contributed by atoms with Gasteiger partial charge < -0.3 is 15.7 Å². The lowest BCUT2D eigenvalue weighted by molar-refractivity contribution is 0.100. The number of piperidine rings is 1. The summed E-state index contributed by atoms with van der Waals surface area (Å²) in [6.07, 6.45) is 1.37. The van der Waals surface area contributed by atoms with Crippen molar-refractivity contribution in [3.63, 3.8) is 0 Å². The summed E-state index contributed by atoms with van der Waals surface area (Å²) in [4.78, 5) is 17.9. The van der Waals surface area contributed by atoms with Crippen molar-refractivity contribution >= 4 is 32.6 Å². The highest BCUT2D eigenvalue weighted by molar-refractivity contribution is 7.22. The molecule has 0 saturated carbocycles. The van der Waals surface area contributed by atoms with Crippen LogP contribution in [0.25, 0.3) is 10.2 Å². The minimum Gasteiger partial charge on any atom is -0.393 e. The van der Waals surface area contributed by atoms with Gasteiger partial charge in [-0.15, -0.1) is 0 Å². The largest absolute Gasteiger partial charge is 0.393 e. The van der Waals surface area contributed by atoms with E-state index in [-0.39, 0.29) is 6.10 Å². The van der Waals surface area contributed by atoms with Gasteiger partial charge in [-0.25, -0.2) is 4.98 Å². The summed E-state index contributed by atoms with van der Waals surface area (Å²) >= 11 is 1.61. The summed E-state index contributed by atoms with van der Waals surface area (Å²) in [5.74, 6) is -0.433. The van der Waals surface area contributed by atoms with Crippen molar-refractivity contribution in [2.45, 2.75) is 18.9 Å². The summed E-state index contributed by atoms with van der Waals surface area (Å²) < 4.78 is 1.05. The van der Waals surface area contributed by atoms with Gasteiger partial charge in [-0.3, -0.25) is 4.79 Å². The third-order valence-electron chi connectivity index (χ3n) is 3.40. The van der Waals surface area contributed by atoms with Gasteiger partial charge in [-0.05, 0) is 31.0 Å². The molecule has 0 spiro atoms. The summed E-state index contributed by atoms with van der Waals surface area (Å²) in [5.41, 5.74) is 6.56. The molecule has 1 aromatic heterocycles. The molecule has 0 unspecified atom stereocenters. The Kier molecular flexibility index (Phi) is 3.12. The maximum absolute atomic E-state index is 11.1. The normalized spacial score (nSPS) is 17.0. The van der Waals surface area contributed by atoms with Crippen molar-refractivity contribution in [1.82, 2.24) is 4.98 Å². The second-order valence-electron chi connectivity index (χ2n) is 4.76. The number of aromatic nitrogens is 1. The number of benzene rings is 1. The Morgan fingerprint density at radius 2 is 2.16 bits per heavy atom. The van der Waals surface area contributed by atoms with Gasteiger partial charge in [-0.1, -0.05) is 11.3 Å². The van der Waals surface area contributed by atoms with Crippen molar-refractivity contribution in [3.8, 4) is 0 Å². The number of nitrogens with two attached hydrogens (primary N) is 1. The summed E-state index contributed by atoms with van der Waals surface area (Å²) in [6.45, 7) is 1.65. The molecule has 0 atom stereocenters. The SMILES string of the molecule is NC(=O)c1ccc2sc(N3CCC(O)CC3)nc2c1. The number of carbonyl (C=O) groups is 1. The molecule has 3 rings (SSSR count). The Hall–Kier alpha value is -1.66. The minimum absolute atomic E-state index is 0.188. The Balaban J connectivity index is 1.91. The first kappa shape index (κ1) is 12.4. The number of anilines is 1. The average molecular weight is 277 g/mol. The Labute approximate surface area is 114 Å². The van der Waals surface area contributed by atoms with Crippen molar-refractivity contribution < 1.29 is 9.90 Å². The highest BCUT2D eigenvalue weighted by Crippen LogP contribution is 2.30. The number of nitrogens with zero attached hydrogens (tertiary/aromatic N) is 2. The topological polar surface area (TPSA) is 79.5 Å². The van der Waals surface area contributed by atoms with Crippen LogP contribution in [0, 0.1) is 0 Å². The second-order valence-corrected chi connectivity index (χ2v) is 5.77. The molecule has 1 amide bonds. The van der Waals surface area contributed by atoms with E-state index in [4.69, 9.17) is 5.73 Å². The fourth-order valence-corrected chi connectivity index (χ4v) is 3.26. The maximum Gasteiger partial charge on any atom is 0.248 e. The first-order chi connectivity index (χ1) is 9.13. The van der Waals surface area contributed by atoms with Crippen molar-refractivity contribution in [2.75, 3.05) is 18.0 Å². The van der Waals surface area contributed by atoms with Crippen LogP contribution < -0.4 is 10.6 Å². The number of primary amides is 1. The number of amides is 1. The Bertz CT molecular complexity index is 617. The molecule has 2 heterocycles. The zero-order valence-corrected chi connectivity index (χ0v) is 11.2. The van der Waals surface area contributed by atoms with Gasteiger partial charge in [0.15, 0.2) is 5.13 Å². The molecule has 1 aliphatic rings. The van der Waals surface area contributed by atoms with Crippen molar-refractivity contribution in [2.24, 2.45) is 5.73 Å². The predicted octanol–water partition coefficient (Wildman–Crippen LogP) is 1.36. The number of aliphatic hydroxyl groups is 1. The molecule has 1 fully saturated rings. The van der Waals surface area contributed by atoms with Crippen LogP contribution in [0.4, 0.5) is 5.13 Å². The Morgan fingerprint density at radius 3 is 2.84 bits per heavy atom. The van der Waals surface area contributed by atoms with Gasteiger partial charge >= 0.3 is 0 Å². The van der Waals surface area contributed by atoms with Gasteiger partial charge in [0, 0.05) is 18.7 Å². The number of hydrogen-bond acceptors (Lipinski definition) is 5. The highest BCUT2D eigenvalue weighted by Gasteiger charge is 2.20. The van der Waals surface area contributed by atoms with Crippen LogP contribution in [0.5, 0.6) is 0 Å². The molecule has 6 heteroatoms. The van der Waals surface area contributed by atoms with Crippen LogP contribution in [-0.4, -0.2) is 35.2 Å². The van der Waals surface area contributed by atoms with E-state index in [1.807, 2.05) is 6.07 Å². The van der Waals surface area contributed by atoms with E-state index in [9.17, 15) is 9.90 Å². The lowest BCUT2D eigenvalue weighted by atomic mass is 10.1. The number of aliphatic hydroxyl groups excluding tert-OH is 1. The summed E-state index contributed by atoms with van der Waals surface area (Å²) in [7, 11) is 0. The van der Waals surface area contributed by atoms with Crippen LogP contribution >= 0.6 is 11.3 Å². The van der Waals surface area contributed by atoms with Gasteiger partial charge in [-0.2, -0.15) is 0 Å². The molecule has 0 radical (unpaired) electrons. The fraction of sp³-hybridized carbons (Fsp3) is 0.385. The van der Waals surface area contributed by atoms with E-state index in [2.05, 4.69) is 9.88 Å². The lowest BCUT2D eigenvalue weighted by Gasteiger charge is -2.28. The molecular formula is C13H15N3O2S. The molecule has 1 saturated heterocycles. The molecule has 0 aliphatic carbocycles. The number of thiazole rings is 1. The molecule has 1 aliphatic heterocycles. The predicted molar refractivity (Wildman–Crippen MR) is 75.6 cm³/mol. The molecule has 5 nitrogen and oxygen atoms in total. The quantitative estimate of drug-likeness (QED) is 0.868. The third-order valence-corrected chi connectivity index (χ3v) is 4.49. The monoisotopic (exact) mass is 277 g/mol. The molecular weight excluding hydrogens is 262 g/mol. The zero-order chi connectivity index (χ0) is 13.4. The third kappa shape index (κ3) is 2.41. The standard InChI is InChI=1S/C13H15N3O2S/c14-12(18)8-1-2-11-10(7-8)15-13(19-11)16-5-3-9(17)4-6-16/h1-2,7,9,17H,3-6H2,(H2,14,18). The molecule has 19 heavy (non-hydrogen) atoms. The van der Waals surface area contributed by atoms with Gasteiger partial charge in [0.2, 0.25) is 5.91 Å². The van der Waals surface area contributed by atoms with Crippen LogP contribution in [0.3, 0.4) is 0 Å². The number of fused-ring (bicyclic) bond motifs is 1. The maximum atomic E-state index is 11.1. The zero-order valence-electron chi connectivity index (χ0n) is 10.4. The van der Waals surface area contributed by atoms with E-state index in [0.717, 1.165) is 41.3 Å². The van der Waals surface area contributed by atoms with E-state index < -0.39 is 5.91 Å². The average Bonchev–Trinajstić information content (AvgIpc) is 2.82. The molecule has 100 valence electrons. The molecule has 3 N–H and O–H groups in total. The minimum atomic E-state index is -0.433. The van der Waals surface area contributed by atoms with Gasteiger partial charge in [0.25, 0.3) is 0 Å². The summed E-state index contributed by atoms with van der Waals surface area (Å²) in [5, 5.41) is 10.5. The van der Waals surface area contributed by atoms with Crippen molar-refractivity contribution in [3.05, 3.63) is 23.8 Å². The first-order valence-corrected chi connectivity index (χ1v) is 7.08. The van der Waals surface area contributed by atoms with Crippen LogP contribution in [0.15, 0.2) is 18.2 Å². The molecule has 2 aromatic rings. The fourth-order valence-electron chi connectivity index (χ4n) is 2.26. The number of carbonyl (C=O) groups excluding carboxylic acids is 1. The van der Waals surface area contributed by atoms with Crippen LogP contribution in [-0.2, 0) is 0 Å². The van der Waals surface area contributed by atoms with Crippen LogP contribution in [0.2, 0.25) is 0 Å². The summed E-state index contributed by atoms with van der Waals surface area (Å²) in [6, 6.07) is 5.35. The van der Waals surface area contributed by atoms with E-state index >= 15 is 0 Å². The molecule has 1 aromatic carbocycles. The number of rotatable bonds is 2. The van der Waals surface area contributed by atoms with Gasteiger partial charge in [0.05, 0.1) is 16.3 Å². The van der Waals surface area contributed by atoms with Crippen LogP contribution in [0.1, 0.15) is 23.2 Å². The highest BCUT2D eigenvalue weighted by atomic mass is 32.1. The molecule has 0 bridgehead atoms. The van der Waals surface area contributed by atoms with Crippen molar-refractivity contribution in [1.29, 1.82) is 0 Å².